The van der Waals surface area contributed by atoms with Gasteiger partial charge < -0.3 is 8.98 Å². The van der Waals surface area contributed by atoms with Gasteiger partial charge in [-0.2, -0.15) is 0 Å². The van der Waals surface area contributed by atoms with Gasteiger partial charge in [-0.3, -0.25) is 0 Å². The summed E-state index contributed by atoms with van der Waals surface area (Å²) < 4.78 is 8.80. The number of furan rings is 1. The maximum atomic E-state index is 6.43. The van der Waals surface area contributed by atoms with Gasteiger partial charge in [0.1, 0.15) is 16.8 Å². The molecule has 0 amide bonds. The lowest BCUT2D eigenvalue weighted by Gasteiger charge is -2.11. The first kappa shape index (κ1) is 28.3. The second-order valence-corrected chi connectivity index (χ2v) is 12.6. The van der Waals surface area contributed by atoms with Crippen LogP contribution < -0.4 is 0 Å². The number of para-hydroxylation sites is 3. The highest BCUT2D eigenvalue weighted by Gasteiger charge is 2.19. The maximum absolute atomic E-state index is 6.43. The van der Waals surface area contributed by atoms with E-state index in [1.165, 1.54) is 32.9 Å². The molecule has 0 N–H and O–H groups in total. The molecule has 3 aromatic heterocycles. The van der Waals surface area contributed by atoms with E-state index in [-0.39, 0.29) is 0 Å². The Bertz CT molecular complexity index is 2870. The molecule has 0 bridgehead atoms. The summed E-state index contributed by atoms with van der Waals surface area (Å²) in [4.78, 5) is 10.1. The Balaban J connectivity index is 1.13. The van der Waals surface area contributed by atoms with Crippen LogP contribution >= 0.6 is 0 Å². The summed E-state index contributed by atoms with van der Waals surface area (Å²) in [5, 5.41) is 3.47. The van der Waals surface area contributed by atoms with Crippen LogP contribution in [0.5, 0.6) is 0 Å². The highest BCUT2D eigenvalue weighted by atomic mass is 16.3. The highest BCUT2D eigenvalue weighted by molar-refractivity contribution is 6.16. The van der Waals surface area contributed by atoms with E-state index in [1.54, 1.807) is 0 Å². The Morgan fingerprint density at radius 2 is 1.04 bits per heavy atom. The number of rotatable bonds is 5. The van der Waals surface area contributed by atoms with E-state index in [1.807, 2.05) is 48.5 Å². The first-order valence-corrected chi connectivity index (χ1v) is 16.8. The van der Waals surface area contributed by atoms with Crippen LogP contribution in [-0.2, 0) is 0 Å². The Hall–Kier alpha value is -6.78. The van der Waals surface area contributed by atoms with Crippen LogP contribution in [0.1, 0.15) is 0 Å². The molecule has 10 aromatic rings. The first-order valence-electron chi connectivity index (χ1n) is 16.8. The van der Waals surface area contributed by atoms with Gasteiger partial charge in [0.05, 0.1) is 11.0 Å². The fourth-order valence-corrected chi connectivity index (χ4v) is 7.33. The minimum atomic E-state index is 0.676. The predicted molar refractivity (Wildman–Crippen MR) is 205 cm³/mol. The Morgan fingerprint density at radius 1 is 0.440 bits per heavy atom. The Morgan fingerprint density at radius 3 is 1.86 bits per heavy atom. The molecule has 0 aliphatic carbocycles. The van der Waals surface area contributed by atoms with Gasteiger partial charge in [-0.05, 0) is 70.8 Å². The third-order valence-corrected chi connectivity index (χ3v) is 9.61. The molecule has 0 aliphatic rings. The lowest BCUT2D eigenvalue weighted by molar-refractivity contribution is 0.667. The normalized spacial score (nSPS) is 11.6. The molecule has 0 aliphatic heterocycles. The van der Waals surface area contributed by atoms with Crippen molar-refractivity contribution in [2.45, 2.75) is 0 Å². The molecule has 10 rings (SSSR count). The van der Waals surface area contributed by atoms with E-state index in [4.69, 9.17) is 14.4 Å². The summed E-state index contributed by atoms with van der Waals surface area (Å²) in [6, 6.07) is 61.6. The van der Waals surface area contributed by atoms with Crippen molar-refractivity contribution in [1.82, 2.24) is 14.5 Å². The monoisotopic (exact) mass is 639 g/mol. The number of aromatic nitrogens is 3. The third kappa shape index (κ3) is 4.54. The predicted octanol–water partition coefficient (Wildman–Crippen LogP) is 12.1. The van der Waals surface area contributed by atoms with Crippen molar-refractivity contribution in [3.63, 3.8) is 0 Å². The van der Waals surface area contributed by atoms with Crippen molar-refractivity contribution in [1.29, 1.82) is 0 Å². The molecule has 0 radical (unpaired) electrons. The SMILES string of the molecule is c1ccc(-c2nc(-c3cccc(-c4cccc(-c5cccc6c5c5ccccc5n6-c5ccccc5)c4)c3)c3oc4ccccc4c3n2)cc1. The number of fused-ring (bicyclic) bond motifs is 6. The van der Waals surface area contributed by atoms with E-state index >= 15 is 0 Å². The smallest absolute Gasteiger partial charge is 0.180 e. The van der Waals surface area contributed by atoms with Crippen LogP contribution in [0.25, 0.3) is 94.5 Å². The van der Waals surface area contributed by atoms with E-state index in [0.29, 0.717) is 11.4 Å². The van der Waals surface area contributed by atoms with Crippen molar-refractivity contribution >= 4 is 43.9 Å². The summed E-state index contributed by atoms with van der Waals surface area (Å²) in [6.07, 6.45) is 0. The minimum absolute atomic E-state index is 0.676. The topological polar surface area (TPSA) is 43.9 Å². The van der Waals surface area contributed by atoms with Crippen molar-refractivity contribution in [3.8, 4) is 50.6 Å². The Labute approximate surface area is 288 Å². The summed E-state index contributed by atoms with van der Waals surface area (Å²) in [6.45, 7) is 0. The van der Waals surface area contributed by atoms with E-state index < -0.39 is 0 Å². The van der Waals surface area contributed by atoms with E-state index in [9.17, 15) is 0 Å². The highest BCUT2D eigenvalue weighted by Crippen LogP contribution is 2.40. The first-order chi connectivity index (χ1) is 24.8. The number of benzene rings is 7. The summed E-state index contributed by atoms with van der Waals surface area (Å²) in [5.74, 6) is 0.676. The fourth-order valence-electron chi connectivity index (χ4n) is 7.33. The molecule has 7 aromatic carbocycles. The lowest BCUT2D eigenvalue weighted by Crippen LogP contribution is -1.94. The minimum Gasteiger partial charge on any atom is -0.452 e. The lowest BCUT2D eigenvalue weighted by atomic mass is 9.95. The average Bonchev–Trinajstić information content (AvgIpc) is 3.74. The molecule has 0 atom stereocenters. The van der Waals surface area contributed by atoms with Crippen LogP contribution in [0.4, 0.5) is 0 Å². The molecular formula is C46H29N3O. The summed E-state index contributed by atoms with van der Waals surface area (Å²) in [7, 11) is 0. The molecule has 0 unspecified atom stereocenters. The molecule has 234 valence electrons. The molecule has 0 saturated heterocycles. The molecule has 0 saturated carbocycles. The van der Waals surface area contributed by atoms with Crippen molar-refractivity contribution in [3.05, 3.63) is 176 Å². The van der Waals surface area contributed by atoms with E-state index in [0.717, 1.165) is 50.1 Å². The average molecular weight is 640 g/mol. The zero-order valence-electron chi connectivity index (χ0n) is 27.0. The van der Waals surface area contributed by atoms with Gasteiger partial charge in [-0.25, -0.2) is 9.97 Å². The molecule has 0 spiro atoms. The van der Waals surface area contributed by atoms with Gasteiger partial charge in [0.15, 0.2) is 11.4 Å². The number of hydrogen-bond donors (Lipinski definition) is 0. The van der Waals surface area contributed by atoms with Gasteiger partial charge in [0, 0.05) is 33.0 Å². The fraction of sp³-hybridized carbons (Fsp3) is 0. The standard InChI is InChI=1S/C46H29N3O/c1-3-14-30(15-4-1)46-47-43(45-44(48-46)38-23-8-10-27-41(38)50-45)34-19-12-17-32(29-34)31-16-11-18-33(28-31)36-24-13-26-40-42(36)37-22-7-9-25-39(37)49(40)35-20-5-2-6-21-35/h1-29H. The quantitative estimate of drug-likeness (QED) is 0.188. The van der Waals surface area contributed by atoms with Gasteiger partial charge >= 0.3 is 0 Å². The molecule has 0 fully saturated rings. The van der Waals surface area contributed by atoms with Crippen molar-refractivity contribution in [2.75, 3.05) is 0 Å². The molecule has 50 heavy (non-hydrogen) atoms. The van der Waals surface area contributed by atoms with Gasteiger partial charge in [0.25, 0.3) is 0 Å². The van der Waals surface area contributed by atoms with Gasteiger partial charge in [-0.1, -0.05) is 127 Å². The van der Waals surface area contributed by atoms with Crippen LogP contribution in [0.15, 0.2) is 180 Å². The van der Waals surface area contributed by atoms with Gasteiger partial charge in [0.2, 0.25) is 0 Å². The van der Waals surface area contributed by atoms with Crippen LogP contribution in [0.2, 0.25) is 0 Å². The second kappa shape index (κ2) is 11.4. The second-order valence-electron chi connectivity index (χ2n) is 12.6. The Kier molecular flexibility index (Phi) is 6.46. The molecule has 4 heteroatoms. The summed E-state index contributed by atoms with van der Waals surface area (Å²) in [5.41, 5.74) is 13.2. The van der Waals surface area contributed by atoms with Crippen LogP contribution in [-0.4, -0.2) is 14.5 Å². The number of hydrogen-bond acceptors (Lipinski definition) is 3. The molecule has 4 nitrogen and oxygen atoms in total. The number of nitrogens with zero attached hydrogens (tertiary/aromatic N) is 3. The van der Waals surface area contributed by atoms with Crippen molar-refractivity contribution < 1.29 is 4.42 Å². The third-order valence-electron chi connectivity index (χ3n) is 9.61. The maximum Gasteiger partial charge on any atom is 0.180 e. The van der Waals surface area contributed by atoms with E-state index in [2.05, 4.69) is 132 Å². The summed E-state index contributed by atoms with van der Waals surface area (Å²) >= 11 is 0. The molecular weight excluding hydrogens is 611 g/mol. The zero-order valence-corrected chi connectivity index (χ0v) is 27.0. The van der Waals surface area contributed by atoms with Crippen LogP contribution in [0, 0.1) is 0 Å². The van der Waals surface area contributed by atoms with Crippen LogP contribution in [0.3, 0.4) is 0 Å². The van der Waals surface area contributed by atoms with Gasteiger partial charge in [-0.15, -0.1) is 0 Å². The zero-order chi connectivity index (χ0) is 33.0. The van der Waals surface area contributed by atoms with Crippen molar-refractivity contribution in [2.24, 2.45) is 0 Å². The molecule has 3 heterocycles. The largest absolute Gasteiger partial charge is 0.452 e.